The maximum atomic E-state index is 12.3. The molecular formula is C18H28N4OS. The summed E-state index contributed by atoms with van der Waals surface area (Å²) in [4.78, 5) is 17.4. The molecule has 1 aromatic rings. The lowest BCUT2D eigenvalue weighted by molar-refractivity contribution is 0.0684. The molecule has 0 N–H and O–H groups in total. The molecular weight excluding hydrogens is 320 g/mol. The quantitative estimate of drug-likeness (QED) is 0.806. The van der Waals surface area contributed by atoms with Gasteiger partial charge < -0.3 is 9.80 Å². The van der Waals surface area contributed by atoms with E-state index in [1.165, 1.54) is 45.4 Å². The van der Waals surface area contributed by atoms with E-state index < -0.39 is 0 Å². The van der Waals surface area contributed by atoms with Gasteiger partial charge in [-0.25, -0.2) is 4.68 Å². The Morgan fingerprint density at radius 3 is 2.75 bits per heavy atom. The third-order valence-electron chi connectivity index (χ3n) is 5.55. The lowest BCUT2D eigenvalue weighted by Crippen LogP contribution is -2.52. The third kappa shape index (κ3) is 3.86. The Hall–Kier alpha value is -0.850. The van der Waals surface area contributed by atoms with Crippen LogP contribution < -0.4 is 5.56 Å². The van der Waals surface area contributed by atoms with Gasteiger partial charge in [-0.2, -0.15) is 16.9 Å². The summed E-state index contributed by atoms with van der Waals surface area (Å²) in [5.74, 6) is 2.67. The van der Waals surface area contributed by atoms with Gasteiger partial charge in [0.05, 0.1) is 12.2 Å². The van der Waals surface area contributed by atoms with Crippen LogP contribution in [0.1, 0.15) is 30.5 Å². The molecule has 4 rings (SSSR count). The van der Waals surface area contributed by atoms with Crippen molar-refractivity contribution in [3.8, 4) is 0 Å². The van der Waals surface area contributed by atoms with Gasteiger partial charge in [-0.1, -0.05) is 6.42 Å². The van der Waals surface area contributed by atoms with E-state index >= 15 is 0 Å². The maximum absolute atomic E-state index is 12.3. The molecule has 3 aliphatic rings. The second-order valence-electron chi connectivity index (χ2n) is 7.47. The number of fused-ring (bicyclic) bond motifs is 1. The zero-order chi connectivity index (χ0) is 16.4. The highest BCUT2D eigenvalue weighted by Crippen LogP contribution is 2.22. The van der Waals surface area contributed by atoms with Crippen molar-refractivity contribution in [2.75, 3.05) is 45.0 Å². The number of hydrogen-bond donors (Lipinski definition) is 0. The van der Waals surface area contributed by atoms with Crippen LogP contribution in [0.2, 0.25) is 0 Å². The van der Waals surface area contributed by atoms with E-state index in [1.54, 1.807) is 4.68 Å². The van der Waals surface area contributed by atoms with Crippen molar-refractivity contribution in [2.24, 2.45) is 5.92 Å². The molecule has 2 fully saturated rings. The van der Waals surface area contributed by atoms with Crippen LogP contribution in [0.25, 0.3) is 0 Å². The van der Waals surface area contributed by atoms with Gasteiger partial charge in [0.2, 0.25) is 0 Å². The zero-order valence-corrected chi connectivity index (χ0v) is 15.3. The summed E-state index contributed by atoms with van der Waals surface area (Å²) >= 11 is 1.90. The van der Waals surface area contributed by atoms with E-state index in [0.717, 1.165) is 48.8 Å². The fourth-order valence-corrected chi connectivity index (χ4v) is 5.02. The number of hydrogen-bond acceptors (Lipinski definition) is 5. The summed E-state index contributed by atoms with van der Waals surface area (Å²) in [6.45, 7) is 7.99. The highest BCUT2D eigenvalue weighted by molar-refractivity contribution is 7.98. The molecule has 132 valence electrons. The van der Waals surface area contributed by atoms with Crippen molar-refractivity contribution < 1.29 is 0 Å². The highest BCUT2D eigenvalue weighted by atomic mass is 32.2. The van der Waals surface area contributed by atoms with Crippen LogP contribution in [0.3, 0.4) is 0 Å². The lowest BCUT2D eigenvalue weighted by atomic mass is 10.00. The fourth-order valence-electron chi connectivity index (χ4n) is 4.07. The number of aromatic nitrogens is 2. The second-order valence-corrected chi connectivity index (χ2v) is 8.57. The van der Waals surface area contributed by atoms with Gasteiger partial charge in [-0.05, 0) is 37.2 Å². The molecule has 0 atom stereocenters. The van der Waals surface area contributed by atoms with E-state index in [9.17, 15) is 4.79 Å². The number of aryl methyl sites for hydroxylation is 1. The molecule has 3 aliphatic heterocycles. The van der Waals surface area contributed by atoms with E-state index in [-0.39, 0.29) is 5.56 Å². The van der Waals surface area contributed by atoms with Crippen molar-refractivity contribution in [1.82, 2.24) is 19.6 Å². The smallest absolute Gasteiger partial charge is 0.267 e. The van der Waals surface area contributed by atoms with E-state index in [1.807, 2.05) is 17.8 Å². The molecule has 24 heavy (non-hydrogen) atoms. The molecule has 5 nitrogen and oxygen atoms in total. The number of thioether (sulfide) groups is 1. The largest absolute Gasteiger partial charge is 0.302 e. The van der Waals surface area contributed by atoms with E-state index in [0.29, 0.717) is 5.92 Å². The summed E-state index contributed by atoms with van der Waals surface area (Å²) in [6, 6.07) is 1.82. The highest BCUT2D eigenvalue weighted by Gasteiger charge is 2.28. The Morgan fingerprint density at radius 2 is 1.92 bits per heavy atom. The van der Waals surface area contributed by atoms with Gasteiger partial charge in [0.25, 0.3) is 5.56 Å². The molecule has 0 unspecified atom stereocenters. The Balaban J connectivity index is 1.25. The van der Waals surface area contributed by atoms with Crippen LogP contribution in [-0.4, -0.2) is 64.6 Å². The first-order valence-electron chi connectivity index (χ1n) is 9.40. The molecule has 0 bridgehead atoms. The number of nitrogens with zero attached hydrogens (tertiary/aromatic N) is 4. The zero-order valence-electron chi connectivity index (χ0n) is 14.5. The molecule has 0 aliphatic carbocycles. The second kappa shape index (κ2) is 7.58. The van der Waals surface area contributed by atoms with Crippen molar-refractivity contribution in [3.63, 3.8) is 0 Å². The fraction of sp³-hybridized carbons (Fsp3) is 0.778. The first-order chi connectivity index (χ1) is 11.8. The summed E-state index contributed by atoms with van der Waals surface area (Å²) in [6.07, 6.45) is 5.15. The molecule has 0 radical (unpaired) electrons. The molecule has 0 aromatic carbocycles. The van der Waals surface area contributed by atoms with Crippen LogP contribution in [0.15, 0.2) is 10.9 Å². The first-order valence-corrected chi connectivity index (χ1v) is 10.6. The average Bonchev–Trinajstić information content (AvgIpc) is 2.58. The van der Waals surface area contributed by atoms with Crippen LogP contribution >= 0.6 is 11.8 Å². The third-order valence-corrected chi connectivity index (χ3v) is 6.56. The monoisotopic (exact) mass is 348 g/mol. The molecule has 0 spiro atoms. The molecule has 0 saturated carbocycles. The van der Waals surface area contributed by atoms with Crippen molar-refractivity contribution in [1.29, 1.82) is 0 Å². The number of rotatable bonds is 5. The average molecular weight is 349 g/mol. The summed E-state index contributed by atoms with van der Waals surface area (Å²) in [5.41, 5.74) is 2.39. The van der Waals surface area contributed by atoms with Crippen LogP contribution in [0.5, 0.6) is 0 Å². The number of likely N-dealkylation sites (tertiary alicyclic amines) is 2. The minimum absolute atomic E-state index is 0.0861. The Bertz CT molecular complexity index is 620. The van der Waals surface area contributed by atoms with Gasteiger partial charge in [-0.15, -0.1) is 0 Å². The van der Waals surface area contributed by atoms with Crippen molar-refractivity contribution in [2.45, 2.75) is 38.0 Å². The Kier molecular flexibility index (Phi) is 5.25. The summed E-state index contributed by atoms with van der Waals surface area (Å²) in [5, 5.41) is 4.64. The summed E-state index contributed by atoms with van der Waals surface area (Å²) in [7, 11) is 0. The number of piperidine rings is 1. The van der Waals surface area contributed by atoms with Gasteiger partial charge >= 0.3 is 0 Å². The predicted molar refractivity (Wildman–Crippen MR) is 98.6 cm³/mol. The van der Waals surface area contributed by atoms with Gasteiger partial charge in [0.1, 0.15) is 0 Å². The lowest BCUT2D eigenvalue weighted by Gasteiger charge is -2.40. The van der Waals surface area contributed by atoms with Crippen LogP contribution in [0, 0.1) is 5.92 Å². The molecule has 0 amide bonds. The predicted octanol–water partition coefficient (Wildman–Crippen LogP) is 1.45. The molecule has 6 heteroatoms. The Labute approximate surface area is 148 Å². The van der Waals surface area contributed by atoms with E-state index in [4.69, 9.17) is 0 Å². The minimum atomic E-state index is 0.0861. The van der Waals surface area contributed by atoms with E-state index in [2.05, 4.69) is 14.9 Å². The van der Waals surface area contributed by atoms with Gasteiger partial charge in [0, 0.05) is 50.3 Å². The topological polar surface area (TPSA) is 41.4 Å². The first kappa shape index (κ1) is 16.6. The van der Waals surface area contributed by atoms with Gasteiger partial charge in [0.15, 0.2) is 0 Å². The standard InChI is InChI=1S/C18H28N4OS/c23-18-10-16-14-24-9-4-17(16)19-22(18)13-15-11-21(12-15)8-7-20-5-2-1-3-6-20/h10,15H,1-9,11-14H2. The van der Waals surface area contributed by atoms with Crippen molar-refractivity contribution in [3.05, 3.63) is 27.7 Å². The Morgan fingerprint density at radius 1 is 1.12 bits per heavy atom. The van der Waals surface area contributed by atoms with Crippen molar-refractivity contribution >= 4 is 11.8 Å². The molecule has 1 aromatic heterocycles. The molecule has 4 heterocycles. The van der Waals surface area contributed by atoms with Gasteiger partial charge in [-0.3, -0.25) is 4.79 Å². The normalized spacial score (nSPS) is 23.0. The van der Waals surface area contributed by atoms with Crippen LogP contribution in [-0.2, 0) is 18.7 Å². The molecule has 2 saturated heterocycles. The summed E-state index contributed by atoms with van der Waals surface area (Å²) < 4.78 is 1.72. The van der Waals surface area contributed by atoms with Crippen LogP contribution in [0.4, 0.5) is 0 Å². The SMILES string of the molecule is O=c1cc2c(nn1CC1CN(CCN3CCCCC3)C1)CCSC2. The maximum Gasteiger partial charge on any atom is 0.267 e. The minimum Gasteiger partial charge on any atom is -0.302 e.